The third-order valence-electron chi connectivity index (χ3n) is 11.2. The third-order valence-corrected chi connectivity index (χ3v) is 12.4. The number of aromatic nitrogens is 4. The van der Waals surface area contributed by atoms with Crippen molar-refractivity contribution in [1.82, 2.24) is 24.2 Å². The molecule has 318 valence electrons. The number of nitrogens with zero attached hydrogens (tertiary/aromatic N) is 5. The number of aliphatic carboxylic acids is 1. The van der Waals surface area contributed by atoms with E-state index in [-0.39, 0.29) is 18.9 Å². The van der Waals surface area contributed by atoms with Crippen LogP contribution >= 0.6 is 23.1 Å². The molecule has 3 aromatic heterocycles. The zero-order valence-electron chi connectivity index (χ0n) is 34.5. The molecule has 0 amide bonds. The van der Waals surface area contributed by atoms with Crippen molar-refractivity contribution in [2.45, 2.75) is 45.3 Å². The number of carbonyl (C=O) groups is 1. The Bertz CT molecular complexity index is 2710. The maximum Gasteiger partial charge on any atom is 0.345 e. The van der Waals surface area contributed by atoms with Gasteiger partial charge in [-0.3, -0.25) is 4.98 Å². The van der Waals surface area contributed by atoms with Crippen LogP contribution in [0.15, 0.2) is 103 Å². The maximum absolute atomic E-state index is 14.8. The van der Waals surface area contributed by atoms with Crippen LogP contribution < -0.4 is 18.9 Å². The van der Waals surface area contributed by atoms with Gasteiger partial charge in [-0.2, -0.15) is 4.37 Å². The molecular formula is C48H45ClFN5O6S. The number of likely N-dealkylation sites (tertiary alicyclic amines) is 1. The highest BCUT2D eigenvalue weighted by atomic mass is 35.5. The Morgan fingerprint density at radius 2 is 1.74 bits per heavy atom. The number of ether oxygens (including phenoxy) is 4. The second-order valence-corrected chi connectivity index (χ2v) is 16.5. The maximum atomic E-state index is 14.8. The molecule has 62 heavy (non-hydrogen) atoms. The molecule has 0 spiro atoms. The second kappa shape index (κ2) is 19.3. The molecule has 14 heteroatoms. The number of pyridine rings is 1. The minimum atomic E-state index is -1.37. The number of piperidine rings is 1. The van der Waals surface area contributed by atoms with Gasteiger partial charge < -0.3 is 29.0 Å². The fraction of sp³-hybridized carbons (Fsp3) is 0.271. The summed E-state index contributed by atoms with van der Waals surface area (Å²) < 4.78 is 44.4. The summed E-state index contributed by atoms with van der Waals surface area (Å²) in [5, 5.41) is 11.6. The van der Waals surface area contributed by atoms with Gasteiger partial charge in [-0.25, -0.2) is 19.2 Å². The average Bonchev–Trinajstić information content (AvgIpc) is 3.70. The summed E-state index contributed by atoms with van der Waals surface area (Å²) in [6, 6.07) is 26.4. The summed E-state index contributed by atoms with van der Waals surface area (Å²) in [4.78, 5) is 29.3. The molecule has 7 aromatic rings. The number of halogens is 2. The van der Waals surface area contributed by atoms with Crippen LogP contribution in [-0.4, -0.2) is 75.3 Å². The third kappa shape index (κ3) is 9.50. The van der Waals surface area contributed by atoms with Crippen LogP contribution in [0.25, 0.3) is 43.9 Å². The van der Waals surface area contributed by atoms with Gasteiger partial charge in [0.1, 0.15) is 29.7 Å². The number of benzene rings is 4. The molecule has 1 saturated heterocycles. The molecule has 4 heterocycles. The van der Waals surface area contributed by atoms with E-state index in [0.29, 0.717) is 89.9 Å². The van der Waals surface area contributed by atoms with Crippen molar-refractivity contribution in [3.05, 3.63) is 131 Å². The lowest BCUT2D eigenvalue weighted by atomic mass is 9.93. The van der Waals surface area contributed by atoms with Crippen LogP contribution in [-0.2, 0) is 17.8 Å². The Morgan fingerprint density at radius 1 is 0.952 bits per heavy atom. The summed E-state index contributed by atoms with van der Waals surface area (Å²) in [5.41, 5.74) is 4.95. The smallest absolute Gasteiger partial charge is 0.345 e. The molecule has 0 saturated carbocycles. The van der Waals surface area contributed by atoms with Gasteiger partial charge >= 0.3 is 5.97 Å². The molecule has 8 rings (SSSR count). The van der Waals surface area contributed by atoms with Crippen LogP contribution in [0.1, 0.15) is 36.1 Å². The van der Waals surface area contributed by atoms with Crippen molar-refractivity contribution in [2.75, 3.05) is 33.9 Å². The molecule has 1 aliphatic rings. The van der Waals surface area contributed by atoms with Crippen molar-refractivity contribution in [3.63, 3.8) is 0 Å². The fourth-order valence-corrected chi connectivity index (χ4v) is 8.67. The number of carboxylic acid groups (broad SMARTS) is 1. The highest BCUT2D eigenvalue weighted by molar-refractivity contribution is 7.13. The predicted molar refractivity (Wildman–Crippen MR) is 239 cm³/mol. The van der Waals surface area contributed by atoms with Gasteiger partial charge in [0.05, 0.1) is 45.8 Å². The summed E-state index contributed by atoms with van der Waals surface area (Å²) in [6.45, 7) is 4.71. The normalized spacial score (nSPS) is 13.8. The van der Waals surface area contributed by atoms with Gasteiger partial charge in [0.25, 0.3) is 0 Å². The van der Waals surface area contributed by atoms with E-state index in [1.54, 1.807) is 49.8 Å². The van der Waals surface area contributed by atoms with Crippen LogP contribution in [0.2, 0.25) is 5.02 Å². The van der Waals surface area contributed by atoms with E-state index in [2.05, 4.69) is 21.3 Å². The molecule has 0 radical (unpaired) electrons. The highest BCUT2D eigenvalue weighted by Gasteiger charge is 2.28. The van der Waals surface area contributed by atoms with E-state index in [4.69, 9.17) is 40.5 Å². The van der Waals surface area contributed by atoms with Crippen molar-refractivity contribution >= 4 is 39.2 Å². The van der Waals surface area contributed by atoms with Crippen molar-refractivity contribution in [2.24, 2.45) is 5.92 Å². The lowest BCUT2D eigenvalue weighted by Crippen LogP contribution is -2.30. The summed E-state index contributed by atoms with van der Waals surface area (Å²) in [6.07, 6.45) is 5.11. The number of hydrogen-bond donors (Lipinski definition) is 1. The Labute approximate surface area is 368 Å². The molecule has 11 nitrogen and oxygen atoms in total. The van der Waals surface area contributed by atoms with Crippen LogP contribution in [0.5, 0.6) is 23.1 Å². The molecule has 0 unspecified atom stereocenters. The molecule has 4 aromatic carbocycles. The molecular weight excluding hydrogens is 829 g/mol. The molecule has 1 N–H and O–H groups in total. The fourth-order valence-electron chi connectivity index (χ4n) is 7.75. The van der Waals surface area contributed by atoms with E-state index in [1.165, 1.54) is 12.1 Å². The molecule has 1 fully saturated rings. The Balaban J connectivity index is 1.08. The van der Waals surface area contributed by atoms with Crippen molar-refractivity contribution in [3.8, 4) is 56.9 Å². The standard InChI is InChI=1S/C48H45ClFN5O6S/c1-29-35(15-16-39(44(29)49)59-24-20-30-18-22-55(2)23-19-30)42-43-41(27-52-45(42)32-10-8-11-33(50)25-32)62-54-47(43)61-40(48(56)57)26-31-9-4-6-13-37(31)60-28-34-17-21-51-46(53-34)36-12-5-7-14-38(36)58-3/h4-17,21,25,27,30,40H,18-20,22-24,26,28H2,1-3H3,(H,56,57)/t40-/m1/s1. The number of rotatable bonds is 16. The van der Waals surface area contributed by atoms with Crippen LogP contribution in [0, 0.1) is 18.7 Å². The van der Waals surface area contributed by atoms with E-state index < -0.39 is 17.9 Å². The number of hydrogen-bond acceptors (Lipinski definition) is 11. The number of para-hydroxylation sites is 2. The van der Waals surface area contributed by atoms with Crippen molar-refractivity contribution < 1.29 is 33.2 Å². The zero-order chi connectivity index (χ0) is 43.2. The van der Waals surface area contributed by atoms with E-state index >= 15 is 0 Å². The van der Waals surface area contributed by atoms with Gasteiger partial charge in [-0.15, -0.1) is 0 Å². The number of fused-ring (bicyclic) bond motifs is 1. The first-order valence-corrected chi connectivity index (χ1v) is 21.5. The average molecular weight is 874 g/mol. The first kappa shape index (κ1) is 42.5. The van der Waals surface area contributed by atoms with Crippen LogP contribution in [0.3, 0.4) is 0 Å². The molecule has 1 aliphatic heterocycles. The molecule has 0 aliphatic carbocycles. The largest absolute Gasteiger partial charge is 0.496 e. The number of methoxy groups -OCH3 is 1. The Kier molecular flexibility index (Phi) is 13.2. The van der Waals surface area contributed by atoms with Gasteiger partial charge in [0.2, 0.25) is 12.0 Å². The lowest BCUT2D eigenvalue weighted by molar-refractivity contribution is -0.145. The molecule has 0 bridgehead atoms. The monoisotopic (exact) mass is 873 g/mol. The Morgan fingerprint density at radius 3 is 2.53 bits per heavy atom. The Hall–Kier alpha value is -6.15. The zero-order valence-corrected chi connectivity index (χ0v) is 36.1. The van der Waals surface area contributed by atoms with E-state index in [0.717, 1.165) is 49.4 Å². The SMILES string of the molecule is COc1ccccc1-c1nccc(COc2ccccc2C[C@@H](Oc2nsc3cnc(-c4cccc(F)c4)c(-c4ccc(OCCC5CCN(C)CC5)c(Cl)c4C)c23)C(=O)O)n1. The highest BCUT2D eigenvalue weighted by Crippen LogP contribution is 2.46. The quantitative estimate of drug-likeness (QED) is 0.0996. The van der Waals surface area contributed by atoms with Gasteiger partial charge in [0.15, 0.2) is 5.82 Å². The lowest BCUT2D eigenvalue weighted by Gasteiger charge is -2.28. The summed E-state index contributed by atoms with van der Waals surface area (Å²) in [5.74, 6) is 1.25. The topological polar surface area (TPSA) is 129 Å². The first-order chi connectivity index (χ1) is 30.2. The predicted octanol–water partition coefficient (Wildman–Crippen LogP) is 10.4. The summed E-state index contributed by atoms with van der Waals surface area (Å²) in [7, 11) is 3.75. The van der Waals surface area contributed by atoms with Crippen molar-refractivity contribution in [1.29, 1.82) is 0 Å². The molecule has 1 atom stereocenters. The van der Waals surface area contributed by atoms with Gasteiger partial charge in [-0.1, -0.05) is 60.1 Å². The van der Waals surface area contributed by atoms with Crippen LogP contribution in [0.4, 0.5) is 4.39 Å². The second-order valence-electron chi connectivity index (χ2n) is 15.3. The van der Waals surface area contributed by atoms with E-state index in [9.17, 15) is 14.3 Å². The van der Waals surface area contributed by atoms with E-state index in [1.807, 2.05) is 55.5 Å². The van der Waals surface area contributed by atoms with Gasteiger partial charge in [0, 0.05) is 29.9 Å². The first-order valence-electron chi connectivity index (χ1n) is 20.4. The number of carboxylic acids is 1. The minimum Gasteiger partial charge on any atom is -0.496 e. The minimum absolute atomic E-state index is 0.0492. The van der Waals surface area contributed by atoms with Gasteiger partial charge in [-0.05, 0) is 123 Å². The summed E-state index contributed by atoms with van der Waals surface area (Å²) >= 11 is 8.19.